The zero-order chi connectivity index (χ0) is 20.5. The quantitative estimate of drug-likeness (QED) is 0.469. The van der Waals surface area contributed by atoms with Gasteiger partial charge in [0.05, 0.1) is 5.52 Å². The van der Waals surface area contributed by atoms with Crippen molar-refractivity contribution < 1.29 is 9.90 Å². The Morgan fingerprint density at radius 3 is 2.76 bits per heavy atom. The number of amides is 1. The molecule has 4 rings (SSSR count). The minimum atomic E-state index is -0.744. The first-order valence-corrected chi connectivity index (χ1v) is 10.2. The van der Waals surface area contributed by atoms with Crippen molar-refractivity contribution in [3.05, 3.63) is 63.0 Å². The number of carbonyl (C=O) groups is 1. The molecule has 0 bridgehead atoms. The summed E-state index contributed by atoms with van der Waals surface area (Å²) >= 11 is 4.43. The summed E-state index contributed by atoms with van der Waals surface area (Å²) in [5, 5.41) is 22.2. The second kappa shape index (κ2) is 7.72. The van der Waals surface area contributed by atoms with E-state index in [1.54, 1.807) is 43.5 Å². The van der Waals surface area contributed by atoms with E-state index in [0.717, 1.165) is 15.8 Å². The van der Waals surface area contributed by atoms with E-state index in [1.165, 1.54) is 4.57 Å². The van der Waals surface area contributed by atoms with Crippen LogP contribution in [0.4, 0.5) is 5.13 Å². The minimum absolute atomic E-state index is 0.199. The number of benzene rings is 1. The van der Waals surface area contributed by atoms with Gasteiger partial charge in [0, 0.05) is 22.6 Å². The molecule has 0 aliphatic heterocycles. The number of anilines is 1. The fourth-order valence-corrected chi connectivity index (χ4v) is 3.90. The number of hydrogen-bond donors (Lipinski definition) is 2. The van der Waals surface area contributed by atoms with E-state index in [1.807, 2.05) is 6.07 Å². The average Bonchev–Trinajstić information content (AvgIpc) is 3.17. The Bertz CT molecular complexity index is 1280. The number of aromatic hydroxyl groups is 1. The van der Waals surface area contributed by atoms with Crippen LogP contribution in [0.3, 0.4) is 0 Å². The van der Waals surface area contributed by atoms with Gasteiger partial charge in [0.15, 0.2) is 5.01 Å². The molecule has 10 heteroatoms. The van der Waals surface area contributed by atoms with Gasteiger partial charge in [-0.2, -0.15) is 0 Å². The van der Waals surface area contributed by atoms with Crippen molar-refractivity contribution >= 4 is 49.2 Å². The number of aromatic nitrogens is 4. The maximum absolute atomic E-state index is 12.8. The molecule has 1 aromatic carbocycles. The van der Waals surface area contributed by atoms with Crippen LogP contribution in [0, 0.1) is 0 Å². The molecule has 0 unspecified atom stereocenters. The van der Waals surface area contributed by atoms with Gasteiger partial charge in [-0.25, -0.2) is 0 Å². The Morgan fingerprint density at radius 1 is 1.24 bits per heavy atom. The zero-order valence-electron chi connectivity index (χ0n) is 15.1. The molecule has 0 saturated heterocycles. The molecule has 146 valence electrons. The lowest BCUT2D eigenvalue weighted by molar-refractivity contribution is 0.102. The molecule has 0 aliphatic rings. The zero-order valence-corrected chi connectivity index (χ0v) is 17.5. The molecule has 8 nitrogen and oxygen atoms in total. The number of nitrogens with one attached hydrogen (secondary N) is 1. The predicted molar refractivity (Wildman–Crippen MR) is 114 cm³/mol. The summed E-state index contributed by atoms with van der Waals surface area (Å²) < 4.78 is 2.28. The number of pyridine rings is 2. The number of halogens is 1. The van der Waals surface area contributed by atoms with Crippen molar-refractivity contribution in [2.24, 2.45) is 0 Å². The molecular weight excluding hydrogens is 458 g/mol. The van der Waals surface area contributed by atoms with Gasteiger partial charge in [0.2, 0.25) is 5.13 Å². The van der Waals surface area contributed by atoms with Crippen LogP contribution in [0.2, 0.25) is 0 Å². The highest BCUT2D eigenvalue weighted by Gasteiger charge is 2.23. The van der Waals surface area contributed by atoms with Crippen LogP contribution in [-0.2, 0) is 6.54 Å². The Balaban J connectivity index is 1.70. The summed E-state index contributed by atoms with van der Waals surface area (Å²) in [7, 11) is 0. The highest BCUT2D eigenvalue weighted by atomic mass is 79.9. The maximum atomic E-state index is 12.8. The van der Waals surface area contributed by atoms with Gasteiger partial charge < -0.3 is 9.67 Å². The second-order valence-corrected chi connectivity index (χ2v) is 7.91. The van der Waals surface area contributed by atoms with Gasteiger partial charge >= 0.3 is 0 Å². The molecule has 29 heavy (non-hydrogen) atoms. The van der Waals surface area contributed by atoms with E-state index in [4.69, 9.17) is 0 Å². The highest BCUT2D eigenvalue weighted by Crippen LogP contribution is 2.29. The van der Waals surface area contributed by atoms with Gasteiger partial charge in [0.25, 0.3) is 11.5 Å². The first kappa shape index (κ1) is 19.2. The summed E-state index contributed by atoms with van der Waals surface area (Å²) in [6.07, 6.45) is 1.63. The van der Waals surface area contributed by atoms with Gasteiger partial charge in [-0.3, -0.25) is 19.9 Å². The van der Waals surface area contributed by atoms with Crippen LogP contribution in [-0.4, -0.2) is 30.8 Å². The third-order valence-corrected chi connectivity index (χ3v) is 5.61. The number of rotatable bonds is 4. The lowest BCUT2D eigenvalue weighted by Crippen LogP contribution is -2.29. The van der Waals surface area contributed by atoms with Crippen LogP contribution >= 0.6 is 27.3 Å². The van der Waals surface area contributed by atoms with Gasteiger partial charge in [-0.1, -0.05) is 23.5 Å². The Hall–Kier alpha value is -3.11. The minimum Gasteiger partial charge on any atom is -0.506 e. The molecule has 3 aromatic heterocycles. The summed E-state index contributed by atoms with van der Waals surface area (Å²) in [5.41, 5.74) is 0.270. The third kappa shape index (κ3) is 3.52. The molecule has 4 aromatic rings. The molecule has 0 saturated carbocycles. The normalized spacial score (nSPS) is 11.0. The van der Waals surface area contributed by atoms with Gasteiger partial charge in [0.1, 0.15) is 17.0 Å². The summed E-state index contributed by atoms with van der Waals surface area (Å²) in [4.78, 5) is 29.8. The number of hydrogen-bond acceptors (Lipinski definition) is 7. The SMILES string of the molecule is CCn1c(=O)c(C(=O)Nc2nnc(-c3ccc(Br)cn3)s2)c(O)c2ccccc21. The highest BCUT2D eigenvalue weighted by molar-refractivity contribution is 9.10. The van der Waals surface area contributed by atoms with E-state index in [9.17, 15) is 14.7 Å². The molecule has 0 aliphatic carbocycles. The molecule has 0 spiro atoms. The first-order chi connectivity index (χ1) is 14.0. The molecule has 1 amide bonds. The summed E-state index contributed by atoms with van der Waals surface area (Å²) in [6, 6.07) is 10.5. The molecule has 2 N–H and O–H groups in total. The largest absolute Gasteiger partial charge is 0.506 e. The van der Waals surface area contributed by atoms with E-state index in [-0.39, 0.29) is 16.4 Å². The predicted octanol–water partition coefficient (Wildman–Crippen LogP) is 3.66. The lowest BCUT2D eigenvalue weighted by atomic mass is 10.1. The number of para-hydroxylation sites is 1. The summed E-state index contributed by atoms with van der Waals surface area (Å²) in [6.45, 7) is 2.16. The molecule has 3 heterocycles. The molecule has 0 radical (unpaired) electrons. The fourth-order valence-electron chi connectivity index (χ4n) is 2.95. The lowest BCUT2D eigenvalue weighted by Gasteiger charge is -2.12. The number of aryl methyl sites for hydroxylation is 1. The first-order valence-electron chi connectivity index (χ1n) is 8.61. The van der Waals surface area contributed by atoms with Crippen LogP contribution < -0.4 is 10.9 Å². The smallest absolute Gasteiger partial charge is 0.267 e. The van der Waals surface area contributed by atoms with Crippen LogP contribution in [0.1, 0.15) is 17.3 Å². The third-order valence-electron chi connectivity index (χ3n) is 4.28. The number of nitrogens with zero attached hydrogens (tertiary/aromatic N) is 4. The van der Waals surface area contributed by atoms with Crippen LogP contribution in [0.15, 0.2) is 51.9 Å². The van der Waals surface area contributed by atoms with E-state index in [0.29, 0.717) is 28.1 Å². The van der Waals surface area contributed by atoms with Crippen molar-refractivity contribution in [1.29, 1.82) is 0 Å². The number of carbonyl (C=O) groups excluding carboxylic acids is 1. The Labute approximate surface area is 177 Å². The standard InChI is InChI=1S/C19H14BrN5O3S/c1-2-25-13-6-4-3-5-11(13)15(26)14(18(25)28)16(27)22-19-24-23-17(29-19)12-8-7-10(20)9-21-12/h3-9,26H,2H2,1H3,(H,22,24,27). The summed E-state index contributed by atoms with van der Waals surface area (Å²) in [5.74, 6) is -1.10. The van der Waals surface area contributed by atoms with E-state index < -0.39 is 11.5 Å². The monoisotopic (exact) mass is 471 g/mol. The van der Waals surface area contributed by atoms with Crippen molar-refractivity contribution in [2.45, 2.75) is 13.5 Å². The molecule has 0 fully saturated rings. The van der Waals surface area contributed by atoms with E-state index in [2.05, 4.69) is 36.4 Å². The number of fused-ring (bicyclic) bond motifs is 1. The van der Waals surface area contributed by atoms with E-state index >= 15 is 0 Å². The molecule has 0 atom stereocenters. The average molecular weight is 472 g/mol. The second-order valence-electron chi connectivity index (χ2n) is 6.02. The van der Waals surface area contributed by atoms with Gasteiger partial charge in [-0.15, -0.1) is 10.2 Å². The topological polar surface area (TPSA) is 110 Å². The van der Waals surface area contributed by atoms with Crippen LogP contribution in [0.5, 0.6) is 5.75 Å². The maximum Gasteiger partial charge on any atom is 0.267 e. The fraction of sp³-hybridized carbons (Fsp3) is 0.105. The van der Waals surface area contributed by atoms with Crippen molar-refractivity contribution in [2.75, 3.05) is 5.32 Å². The van der Waals surface area contributed by atoms with Crippen molar-refractivity contribution in [3.63, 3.8) is 0 Å². The van der Waals surface area contributed by atoms with Crippen molar-refractivity contribution in [1.82, 2.24) is 19.7 Å². The Kier molecular flexibility index (Phi) is 5.12. The van der Waals surface area contributed by atoms with Crippen LogP contribution in [0.25, 0.3) is 21.6 Å². The van der Waals surface area contributed by atoms with Crippen molar-refractivity contribution in [3.8, 4) is 16.5 Å². The Morgan fingerprint density at radius 2 is 2.03 bits per heavy atom. The molecular formula is C19H14BrN5O3S. The van der Waals surface area contributed by atoms with Gasteiger partial charge in [-0.05, 0) is 47.1 Å².